The van der Waals surface area contributed by atoms with Gasteiger partial charge >= 0.3 is 0 Å². The fourth-order valence-electron chi connectivity index (χ4n) is 4.32. The summed E-state index contributed by atoms with van der Waals surface area (Å²) in [4.78, 5) is 35.9. The van der Waals surface area contributed by atoms with Crippen LogP contribution in [0.4, 0.5) is 5.82 Å². The topological polar surface area (TPSA) is 79.6 Å². The molecular formula is C26H35N5O2. The van der Waals surface area contributed by atoms with Gasteiger partial charge in [-0.3, -0.25) is 24.0 Å². The van der Waals surface area contributed by atoms with E-state index in [-0.39, 0.29) is 16.9 Å². The number of aromatic nitrogens is 2. The summed E-state index contributed by atoms with van der Waals surface area (Å²) >= 11 is 0. The van der Waals surface area contributed by atoms with Gasteiger partial charge < -0.3 is 5.32 Å². The average Bonchev–Trinajstić information content (AvgIpc) is 3.61. The predicted octanol–water partition coefficient (Wildman–Crippen LogP) is 4.19. The molecule has 0 bridgehead atoms. The van der Waals surface area contributed by atoms with E-state index in [2.05, 4.69) is 28.7 Å². The maximum atomic E-state index is 12.8. The van der Waals surface area contributed by atoms with Gasteiger partial charge in [0.15, 0.2) is 5.78 Å². The Hall–Kier alpha value is -3.06. The number of carbonyl (C=O) groups is 1. The van der Waals surface area contributed by atoms with Crippen molar-refractivity contribution >= 4 is 28.8 Å². The summed E-state index contributed by atoms with van der Waals surface area (Å²) in [7, 11) is 1.72. The van der Waals surface area contributed by atoms with E-state index >= 15 is 0 Å². The Morgan fingerprint density at radius 3 is 2.70 bits per heavy atom. The molecule has 1 N–H and O–H groups in total. The molecule has 176 valence electrons. The van der Waals surface area contributed by atoms with Crippen molar-refractivity contribution in [1.82, 2.24) is 14.5 Å². The molecule has 0 aromatic carbocycles. The van der Waals surface area contributed by atoms with E-state index in [1.54, 1.807) is 23.9 Å². The van der Waals surface area contributed by atoms with Gasteiger partial charge in [-0.1, -0.05) is 19.6 Å². The highest BCUT2D eigenvalue weighted by Crippen LogP contribution is 2.45. The molecule has 1 saturated carbocycles. The smallest absolute Gasteiger partial charge is 0.252 e. The van der Waals surface area contributed by atoms with E-state index in [0.29, 0.717) is 24.4 Å². The fourth-order valence-corrected chi connectivity index (χ4v) is 4.32. The van der Waals surface area contributed by atoms with Crippen LogP contribution in [-0.4, -0.2) is 52.1 Å². The van der Waals surface area contributed by atoms with Gasteiger partial charge in [0.25, 0.3) is 5.56 Å². The minimum absolute atomic E-state index is 0.0586. The molecule has 0 amide bonds. The summed E-state index contributed by atoms with van der Waals surface area (Å²) in [6.45, 7) is 9.94. The SMILES string of the molecule is C=CC(=O)CCC1(N(CCC)CCn2c(=O)ccc3ccc(N/C(C=NC)=C/C)nc32)CC1. The first-order valence-electron chi connectivity index (χ1n) is 11.7. The summed E-state index contributed by atoms with van der Waals surface area (Å²) in [6.07, 6.45) is 9.67. The number of rotatable bonds is 13. The Bertz CT molecular complexity index is 1110. The highest BCUT2D eigenvalue weighted by Gasteiger charge is 2.46. The number of fused-ring (bicyclic) bond motifs is 1. The van der Waals surface area contributed by atoms with Crippen LogP contribution in [0.1, 0.15) is 46.0 Å². The number of ketones is 1. The number of anilines is 1. The summed E-state index contributed by atoms with van der Waals surface area (Å²) in [5.41, 5.74) is 1.52. The Morgan fingerprint density at radius 1 is 1.30 bits per heavy atom. The molecule has 0 spiro atoms. The molecule has 1 aliphatic rings. The number of pyridine rings is 2. The van der Waals surface area contributed by atoms with Crippen LogP contribution in [0.25, 0.3) is 11.0 Å². The van der Waals surface area contributed by atoms with Crippen LogP contribution in [-0.2, 0) is 11.3 Å². The van der Waals surface area contributed by atoms with Crippen LogP contribution in [0, 0.1) is 0 Å². The van der Waals surface area contributed by atoms with Crippen molar-refractivity contribution in [2.24, 2.45) is 4.99 Å². The molecule has 2 aromatic rings. The summed E-state index contributed by atoms with van der Waals surface area (Å²) in [5, 5.41) is 4.18. The molecule has 33 heavy (non-hydrogen) atoms. The third kappa shape index (κ3) is 6.05. The molecule has 0 unspecified atom stereocenters. The monoisotopic (exact) mass is 449 g/mol. The van der Waals surface area contributed by atoms with Crippen molar-refractivity contribution in [3.8, 4) is 0 Å². The number of carbonyl (C=O) groups excluding carboxylic acids is 1. The minimum Gasteiger partial charge on any atom is -0.339 e. The van der Waals surface area contributed by atoms with Gasteiger partial charge in [-0.15, -0.1) is 0 Å². The zero-order valence-corrected chi connectivity index (χ0v) is 20.0. The first-order valence-corrected chi connectivity index (χ1v) is 11.7. The first kappa shape index (κ1) is 24.6. The van der Waals surface area contributed by atoms with Crippen molar-refractivity contribution in [1.29, 1.82) is 0 Å². The Morgan fingerprint density at radius 2 is 2.06 bits per heavy atom. The maximum Gasteiger partial charge on any atom is 0.252 e. The van der Waals surface area contributed by atoms with E-state index in [1.807, 2.05) is 31.2 Å². The van der Waals surface area contributed by atoms with Crippen molar-refractivity contribution in [2.45, 2.75) is 58.0 Å². The second kappa shape index (κ2) is 11.2. The predicted molar refractivity (Wildman–Crippen MR) is 136 cm³/mol. The van der Waals surface area contributed by atoms with Crippen LogP contribution < -0.4 is 10.9 Å². The minimum atomic E-state index is -0.0586. The molecule has 2 aromatic heterocycles. The fraction of sp³-hybridized carbons (Fsp3) is 0.462. The van der Waals surface area contributed by atoms with Crippen LogP contribution in [0.3, 0.4) is 0 Å². The highest BCUT2D eigenvalue weighted by atomic mass is 16.1. The highest BCUT2D eigenvalue weighted by molar-refractivity contribution is 5.89. The molecule has 0 saturated heterocycles. The van der Waals surface area contributed by atoms with Crippen LogP contribution in [0.15, 0.2) is 58.5 Å². The van der Waals surface area contributed by atoms with Crippen LogP contribution in [0.5, 0.6) is 0 Å². The van der Waals surface area contributed by atoms with Crippen molar-refractivity contribution < 1.29 is 4.79 Å². The summed E-state index contributed by atoms with van der Waals surface area (Å²) in [5.74, 6) is 0.766. The summed E-state index contributed by atoms with van der Waals surface area (Å²) in [6, 6.07) is 7.31. The van der Waals surface area contributed by atoms with Crippen LogP contribution >= 0.6 is 0 Å². The molecule has 3 rings (SSSR count). The van der Waals surface area contributed by atoms with Crippen molar-refractivity contribution in [3.05, 3.63) is 59.0 Å². The lowest BCUT2D eigenvalue weighted by Crippen LogP contribution is -2.41. The lowest BCUT2D eigenvalue weighted by atomic mass is 10.0. The van der Waals surface area contributed by atoms with Gasteiger partial charge in [-0.2, -0.15) is 0 Å². The second-order valence-electron chi connectivity index (χ2n) is 8.57. The van der Waals surface area contributed by atoms with Crippen LogP contribution in [0.2, 0.25) is 0 Å². The molecule has 7 nitrogen and oxygen atoms in total. The molecule has 1 aliphatic carbocycles. The second-order valence-corrected chi connectivity index (χ2v) is 8.57. The number of hydrogen-bond acceptors (Lipinski definition) is 6. The molecule has 1 fully saturated rings. The third-order valence-electron chi connectivity index (χ3n) is 6.33. The van der Waals surface area contributed by atoms with Gasteiger partial charge in [0.05, 0.1) is 5.70 Å². The zero-order valence-electron chi connectivity index (χ0n) is 20.0. The molecule has 0 atom stereocenters. The molecular weight excluding hydrogens is 414 g/mol. The lowest BCUT2D eigenvalue weighted by Gasteiger charge is -2.32. The van der Waals surface area contributed by atoms with E-state index in [0.717, 1.165) is 49.9 Å². The lowest BCUT2D eigenvalue weighted by molar-refractivity contribution is -0.115. The van der Waals surface area contributed by atoms with Gasteiger partial charge in [0.2, 0.25) is 0 Å². The third-order valence-corrected chi connectivity index (χ3v) is 6.33. The summed E-state index contributed by atoms with van der Waals surface area (Å²) < 4.78 is 1.76. The van der Waals surface area contributed by atoms with Crippen molar-refractivity contribution in [3.63, 3.8) is 0 Å². The Kier molecular flexibility index (Phi) is 8.33. The van der Waals surface area contributed by atoms with E-state index in [1.165, 1.54) is 6.08 Å². The number of allylic oxidation sites excluding steroid dienone is 3. The number of nitrogens with one attached hydrogen (secondary N) is 1. The number of nitrogens with zero attached hydrogens (tertiary/aromatic N) is 4. The molecule has 2 heterocycles. The molecule has 0 aliphatic heterocycles. The van der Waals surface area contributed by atoms with Gasteiger partial charge in [-0.25, -0.2) is 4.98 Å². The normalized spacial score (nSPS) is 15.3. The Labute approximate surface area is 195 Å². The van der Waals surface area contributed by atoms with E-state index in [4.69, 9.17) is 4.98 Å². The largest absolute Gasteiger partial charge is 0.339 e. The number of aliphatic imine (C=N–C) groups is 1. The maximum absolute atomic E-state index is 12.8. The van der Waals surface area contributed by atoms with E-state index in [9.17, 15) is 9.59 Å². The quantitative estimate of drug-likeness (QED) is 0.366. The van der Waals surface area contributed by atoms with Crippen molar-refractivity contribution in [2.75, 3.05) is 25.5 Å². The Balaban J connectivity index is 1.84. The molecule has 7 heteroatoms. The first-order chi connectivity index (χ1) is 16.0. The number of hydrogen-bond donors (Lipinski definition) is 1. The average molecular weight is 450 g/mol. The van der Waals surface area contributed by atoms with Gasteiger partial charge in [0, 0.05) is 49.8 Å². The van der Waals surface area contributed by atoms with Gasteiger partial charge in [-0.05, 0) is 63.4 Å². The van der Waals surface area contributed by atoms with Gasteiger partial charge in [0.1, 0.15) is 11.5 Å². The molecule has 0 radical (unpaired) electrons. The zero-order chi connectivity index (χ0) is 23.8. The standard InChI is InChI=1S/C26H35N5O2/c1-5-16-30(26(14-15-26)13-12-22(32)7-3)17-18-31-24(33)11-9-20-8-10-23(29-25(20)31)28-21(6-2)19-27-4/h6-11,19H,3,5,12-18H2,1-2,4H3,(H,28,29)/b21-6+,27-19?. The van der Waals surface area contributed by atoms with E-state index < -0.39 is 0 Å².